The van der Waals surface area contributed by atoms with E-state index in [2.05, 4.69) is 15.6 Å². The van der Waals surface area contributed by atoms with Crippen LogP contribution in [0.4, 0.5) is 11.6 Å². The molecule has 1 amide bonds. The fraction of sp³-hybridized carbons (Fsp3) is 0.538. The lowest BCUT2D eigenvalue weighted by Crippen LogP contribution is -2.37. The number of nitrogens with one attached hydrogen (secondary N) is 2. The van der Waals surface area contributed by atoms with Crippen molar-refractivity contribution in [2.45, 2.75) is 20.8 Å². The zero-order chi connectivity index (χ0) is 13.4. The van der Waals surface area contributed by atoms with Crippen molar-refractivity contribution >= 4 is 17.5 Å². The van der Waals surface area contributed by atoms with Crippen LogP contribution in [-0.4, -0.2) is 37.1 Å². The van der Waals surface area contributed by atoms with Gasteiger partial charge in [0.05, 0.1) is 6.54 Å². The summed E-state index contributed by atoms with van der Waals surface area (Å²) in [6, 6.07) is 5.79. The van der Waals surface area contributed by atoms with E-state index in [1.54, 1.807) is 0 Å². The minimum atomic E-state index is 0.0232. The summed E-state index contributed by atoms with van der Waals surface area (Å²) < 4.78 is 0. The molecule has 0 spiro atoms. The minimum absolute atomic E-state index is 0.0232. The Morgan fingerprint density at radius 2 is 2.06 bits per heavy atom. The molecule has 0 bridgehead atoms. The quantitative estimate of drug-likeness (QED) is 0.769. The number of pyridine rings is 1. The molecule has 0 saturated heterocycles. The summed E-state index contributed by atoms with van der Waals surface area (Å²) in [6.07, 6.45) is 0. The summed E-state index contributed by atoms with van der Waals surface area (Å²) in [5, 5.41) is 5.96. The van der Waals surface area contributed by atoms with Crippen molar-refractivity contribution in [2.24, 2.45) is 0 Å². The number of carbonyl (C=O) groups is 1. The third-order valence-corrected chi connectivity index (χ3v) is 2.51. The van der Waals surface area contributed by atoms with Crippen LogP contribution < -0.4 is 15.5 Å². The van der Waals surface area contributed by atoms with Gasteiger partial charge in [-0.15, -0.1) is 0 Å². The van der Waals surface area contributed by atoms with Gasteiger partial charge in [-0.1, -0.05) is 6.07 Å². The maximum atomic E-state index is 11.6. The highest BCUT2D eigenvalue weighted by atomic mass is 16.2. The van der Waals surface area contributed by atoms with E-state index in [4.69, 9.17) is 0 Å². The Labute approximate surface area is 109 Å². The number of hydrogen-bond donors (Lipinski definition) is 2. The molecule has 18 heavy (non-hydrogen) atoms. The molecule has 1 heterocycles. The molecule has 0 fully saturated rings. The number of aromatic nitrogens is 1. The lowest BCUT2D eigenvalue weighted by molar-refractivity contribution is -0.119. The van der Waals surface area contributed by atoms with Crippen molar-refractivity contribution in [1.29, 1.82) is 0 Å². The van der Waals surface area contributed by atoms with Gasteiger partial charge >= 0.3 is 0 Å². The summed E-state index contributed by atoms with van der Waals surface area (Å²) in [6.45, 7) is 8.53. The van der Waals surface area contributed by atoms with Crippen molar-refractivity contribution < 1.29 is 4.79 Å². The Balaban J connectivity index is 2.74. The Hall–Kier alpha value is -1.78. The first-order valence-corrected chi connectivity index (χ1v) is 6.43. The first-order valence-electron chi connectivity index (χ1n) is 6.43. The van der Waals surface area contributed by atoms with Gasteiger partial charge in [-0.2, -0.15) is 0 Å². The Bertz CT molecular complexity index is 381. The first kappa shape index (κ1) is 14.3. The van der Waals surface area contributed by atoms with E-state index in [9.17, 15) is 4.79 Å². The molecular weight excluding hydrogens is 228 g/mol. The molecular formula is C13H22N4O. The van der Waals surface area contributed by atoms with Gasteiger partial charge in [-0.25, -0.2) is 4.98 Å². The van der Waals surface area contributed by atoms with Gasteiger partial charge in [0.25, 0.3) is 0 Å². The Morgan fingerprint density at radius 3 is 2.67 bits per heavy atom. The highest BCUT2D eigenvalue weighted by Crippen LogP contribution is 2.13. The van der Waals surface area contributed by atoms with E-state index in [1.165, 1.54) is 0 Å². The van der Waals surface area contributed by atoms with Gasteiger partial charge in [0, 0.05) is 19.6 Å². The number of nitrogens with zero attached hydrogens (tertiary/aromatic N) is 2. The molecule has 0 radical (unpaired) electrons. The lowest BCUT2D eigenvalue weighted by atomic mass is 10.3. The molecule has 0 aliphatic carbocycles. The Morgan fingerprint density at radius 1 is 1.28 bits per heavy atom. The topological polar surface area (TPSA) is 57.3 Å². The highest BCUT2D eigenvalue weighted by molar-refractivity contribution is 5.81. The molecule has 0 saturated carbocycles. The smallest absolute Gasteiger partial charge is 0.239 e. The van der Waals surface area contributed by atoms with Gasteiger partial charge in [-0.3, -0.25) is 4.79 Å². The van der Waals surface area contributed by atoms with Crippen LogP contribution in [0, 0.1) is 0 Å². The number of likely N-dealkylation sites (N-methyl/N-ethyl adjacent to an activating group) is 2. The number of hydrogen-bond acceptors (Lipinski definition) is 4. The van der Waals surface area contributed by atoms with Crippen LogP contribution in [-0.2, 0) is 4.79 Å². The monoisotopic (exact) mass is 250 g/mol. The summed E-state index contributed by atoms with van der Waals surface area (Å²) in [5.41, 5.74) is 0. The van der Waals surface area contributed by atoms with Crippen LogP contribution in [0.2, 0.25) is 0 Å². The van der Waals surface area contributed by atoms with Crippen molar-refractivity contribution in [3.8, 4) is 0 Å². The summed E-state index contributed by atoms with van der Waals surface area (Å²) in [5.74, 6) is 1.68. The number of rotatable bonds is 7. The summed E-state index contributed by atoms with van der Waals surface area (Å²) in [4.78, 5) is 18.0. The van der Waals surface area contributed by atoms with Crippen LogP contribution in [0.1, 0.15) is 20.8 Å². The molecule has 5 nitrogen and oxygen atoms in total. The van der Waals surface area contributed by atoms with Crippen LogP contribution in [0.25, 0.3) is 0 Å². The highest BCUT2D eigenvalue weighted by Gasteiger charge is 2.10. The summed E-state index contributed by atoms with van der Waals surface area (Å²) >= 11 is 0. The standard InChI is InChI=1S/C13H22N4O/c1-4-14-11-8-7-9-12(16-11)17(6-3)10-13(18)15-5-2/h7-9H,4-6,10H2,1-3H3,(H,14,16)(H,15,18). The number of anilines is 2. The van der Waals surface area contributed by atoms with Crippen molar-refractivity contribution in [1.82, 2.24) is 10.3 Å². The van der Waals surface area contributed by atoms with E-state index in [0.29, 0.717) is 13.1 Å². The van der Waals surface area contributed by atoms with Crippen LogP contribution in [0.5, 0.6) is 0 Å². The Kier molecular flexibility index (Phi) is 5.97. The second kappa shape index (κ2) is 7.53. The first-order chi connectivity index (χ1) is 8.71. The molecule has 0 atom stereocenters. The van der Waals surface area contributed by atoms with Crippen molar-refractivity contribution in [3.63, 3.8) is 0 Å². The van der Waals surface area contributed by atoms with E-state index in [-0.39, 0.29) is 5.91 Å². The zero-order valence-electron chi connectivity index (χ0n) is 11.4. The maximum Gasteiger partial charge on any atom is 0.239 e. The van der Waals surface area contributed by atoms with Gasteiger partial charge < -0.3 is 15.5 Å². The molecule has 0 aliphatic rings. The molecule has 5 heteroatoms. The summed E-state index contributed by atoms with van der Waals surface area (Å²) in [7, 11) is 0. The van der Waals surface area contributed by atoms with E-state index in [0.717, 1.165) is 24.7 Å². The van der Waals surface area contributed by atoms with Gasteiger partial charge in [0.1, 0.15) is 11.6 Å². The van der Waals surface area contributed by atoms with Gasteiger partial charge in [-0.05, 0) is 32.9 Å². The maximum absolute atomic E-state index is 11.6. The molecule has 0 aromatic carbocycles. The van der Waals surface area contributed by atoms with Crippen molar-refractivity contribution in [2.75, 3.05) is 36.4 Å². The van der Waals surface area contributed by atoms with E-state index >= 15 is 0 Å². The normalized spacial score (nSPS) is 9.94. The molecule has 100 valence electrons. The molecule has 1 aromatic heterocycles. The third kappa shape index (κ3) is 4.24. The van der Waals surface area contributed by atoms with Crippen molar-refractivity contribution in [3.05, 3.63) is 18.2 Å². The predicted octanol–water partition coefficient (Wildman–Crippen LogP) is 1.48. The molecule has 2 N–H and O–H groups in total. The van der Waals surface area contributed by atoms with Crippen LogP contribution >= 0.6 is 0 Å². The predicted molar refractivity (Wildman–Crippen MR) is 75.0 cm³/mol. The number of amides is 1. The second-order valence-corrected chi connectivity index (χ2v) is 3.88. The van der Waals surface area contributed by atoms with Crippen LogP contribution in [0.3, 0.4) is 0 Å². The average Bonchev–Trinajstić information content (AvgIpc) is 2.37. The van der Waals surface area contributed by atoms with Crippen LogP contribution in [0.15, 0.2) is 18.2 Å². The second-order valence-electron chi connectivity index (χ2n) is 3.88. The molecule has 0 unspecified atom stereocenters. The number of carbonyl (C=O) groups excluding carboxylic acids is 1. The fourth-order valence-corrected chi connectivity index (χ4v) is 1.66. The minimum Gasteiger partial charge on any atom is -0.370 e. The molecule has 0 aliphatic heterocycles. The largest absolute Gasteiger partial charge is 0.370 e. The van der Waals surface area contributed by atoms with Gasteiger partial charge in [0.2, 0.25) is 5.91 Å². The molecule has 1 rings (SSSR count). The fourth-order valence-electron chi connectivity index (χ4n) is 1.66. The van der Waals surface area contributed by atoms with E-state index < -0.39 is 0 Å². The average molecular weight is 250 g/mol. The molecule has 1 aromatic rings. The SMILES string of the molecule is CCNC(=O)CN(CC)c1cccc(NCC)n1. The van der Waals surface area contributed by atoms with E-state index in [1.807, 2.05) is 43.9 Å². The van der Waals surface area contributed by atoms with Gasteiger partial charge in [0.15, 0.2) is 0 Å². The third-order valence-electron chi connectivity index (χ3n) is 2.51. The lowest BCUT2D eigenvalue weighted by Gasteiger charge is -2.21. The zero-order valence-corrected chi connectivity index (χ0v) is 11.4.